The van der Waals surface area contributed by atoms with Gasteiger partial charge in [0.25, 0.3) is 0 Å². The molecular weight excluding hydrogens is 728 g/mol. The minimum atomic E-state index is -0.831. The van der Waals surface area contributed by atoms with E-state index in [1.165, 1.54) is 6.20 Å². The fourth-order valence-electron chi connectivity index (χ4n) is 8.76. The Morgan fingerprint density at radius 3 is 2.50 bits per heavy atom. The molecule has 3 heterocycles. The van der Waals surface area contributed by atoms with Gasteiger partial charge in [0.2, 0.25) is 0 Å². The number of carboxylic acid groups (broad SMARTS) is 1. The fourth-order valence-corrected chi connectivity index (χ4v) is 9.00. The summed E-state index contributed by atoms with van der Waals surface area (Å²) in [6.07, 6.45) is 9.43. The largest absolute Gasteiger partial charge is 0.493 e. The molecule has 2 aliphatic heterocycles. The second-order valence-electron chi connectivity index (χ2n) is 15.8. The van der Waals surface area contributed by atoms with E-state index < -0.39 is 12.0 Å². The van der Waals surface area contributed by atoms with Crippen molar-refractivity contribution in [2.24, 2.45) is 5.41 Å². The molecule has 1 aliphatic carbocycles. The van der Waals surface area contributed by atoms with E-state index in [0.29, 0.717) is 53.6 Å². The smallest absolute Gasteiger partial charge is 0.320 e. The maximum atomic E-state index is 12.1. The fraction of sp³-hybridized carbons (Fsp3) is 0.444. The van der Waals surface area contributed by atoms with E-state index in [1.54, 1.807) is 18.3 Å². The van der Waals surface area contributed by atoms with Crippen LogP contribution >= 0.6 is 11.6 Å². The molecule has 2 N–H and O–H groups in total. The van der Waals surface area contributed by atoms with Crippen LogP contribution in [-0.4, -0.2) is 75.9 Å². The van der Waals surface area contributed by atoms with Gasteiger partial charge in [0.15, 0.2) is 0 Å². The minimum absolute atomic E-state index is 0.116. The summed E-state index contributed by atoms with van der Waals surface area (Å²) in [6.45, 7) is 9.50. The van der Waals surface area contributed by atoms with E-state index in [2.05, 4.69) is 48.0 Å². The summed E-state index contributed by atoms with van der Waals surface area (Å²) >= 11 is 6.87. The summed E-state index contributed by atoms with van der Waals surface area (Å²) < 4.78 is 19.0. The van der Waals surface area contributed by atoms with E-state index >= 15 is 0 Å². The quantitative estimate of drug-likeness (QED) is 0.114. The second-order valence-corrected chi connectivity index (χ2v) is 16.2. The summed E-state index contributed by atoms with van der Waals surface area (Å²) in [6, 6.07) is 19.3. The third-order valence-corrected chi connectivity index (χ3v) is 12.1. The number of carboxylic acids is 1. The molecule has 3 aliphatic rings. The Balaban J connectivity index is 1.03. The van der Waals surface area contributed by atoms with Gasteiger partial charge in [0.1, 0.15) is 42.6 Å². The number of aliphatic hydroxyl groups excluding tert-OH is 1. The average Bonchev–Trinajstić information content (AvgIpc) is 3.58. The SMILES string of the molecule is Cc1c(COc2cc(OCc3cncc(C#N)c3)c(CN3CCCC[C@H]3C(=O)O)cc2Cl)cccc1-c1cccc(OCCCN2CC3(CCC(O)C3)C2)c1C. The molecule has 7 rings (SSSR count). The van der Waals surface area contributed by atoms with Crippen LogP contribution in [0.5, 0.6) is 17.2 Å². The van der Waals surface area contributed by atoms with Gasteiger partial charge < -0.3 is 29.3 Å². The summed E-state index contributed by atoms with van der Waals surface area (Å²) in [7, 11) is 0. The molecule has 3 fully saturated rings. The molecule has 0 amide bonds. The predicted molar refractivity (Wildman–Crippen MR) is 215 cm³/mol. The van der Waals surface area contributed by atoms with Gasteiger partial charge in [0, 0.05) is 55.8 Å². The molecule has 3 aromatic carbocycles. The van der Waals surface area contributed by atoms with Crippen molar-refractivity contribution in [2.75, 3.05) is 32.8 Å². The van der Waals surface area contributed by atoms with Gasteiger partial charge in [-0.25, -0.2) is 0 Å². The lowest BCUT2D eigenvalue weighted by Crippen LogP contribution is -2.55. The second kappa shape index (κ2) is 17.6. The number of aliphatic hydroxyl groups is 1. The number of ether oxygens (including phenoxy) is 3. The third-order valence-electron chi connectivity index (χ3n) is 11.8. The average molecular weight is 779 g/mol. The maximum absolute atomic E-state index is 12.1. The lowest BCUT2D eigenvalue weighted by Gasteiger charge is -2.48. The van der Waals surface area contributed by atoms with Gasteiger partial charge in [-0.3, -0.25) is 14.7 Å². The first-order valence-corrected chi connectivity index (χ1v) is 20.1. The topological polar surface area (TPSA) is 128 Å². The highest BCUT2D eigenvalue weighted by atomic mass is 35.5. The third kappa shape index (κ3) is 9.14. The number of carbonyl (C=O) groups is 1. The molecule has 2 saturated heterocycles. The van der Waals surface area contributed by atoms with Crippen LogP contribution in [0.4, 0.5) is 0 Å². The van der Waals surface area contributed by atoms with Crippen LogP contribution in [0.25, 0.3) is 11.1 Å². The first kappa shape index (κ1) is 39.6. The van der Waals surface area contributed by atoms with Crippen LogP contribution in [-0.2, 0) is 24.6 Å². The van der Waals surface area contributed by atoms with Crippen LogP contribution < -0.4 is 14.2 Å². The van der Waals surface area contributed by atoms with E-state index in [4.69, 9.17) is 25.8 Å². The molecule has 1 spiro atoms. The molecule has 1 saturated carbocycles. The molecule has 1 aromatic heterocycles. The number of aliphatic carboxylic acids is 1. The highest BCUT2D eigenvalue weighted by molar-refractivity contribution is 6.32. The number of rotatable bonds is 15. The molecule has 0 radical (unpaired) electrons. The number of likely N-dealkylation sites (tertiary alicyclic amines) is 2. The molecule has 11 heteroatoms. The minimum Gasteiger partial charge on any atom is -0.493 e. The van der Waals surface area contributed by atoms with Crippen LogP contribution in [0.15, 0.2) is 67.0 Å². The number of piperidine rings is 1. The zero-order valence-corrected chi connectivity index (χ0v) is 33.1. The number of halogens is 1. The van der Waals surface area contributed by atoms with Crippen molar-refractivity contribution in [3.8, 4) is 34.4 Å². The highest BCUT2D eigenvalue weighted by Gasteiger charge is 2.47. The van der Waals surface area contributed by atoms with E-state index in [-0.39, 0.29) is 19.3 Å². The van der Waals surface area contributed by atoms with Crippen molar-refractivity contribution in [1.29, 1.82) is 5.26 Å². The summed E-state index contributed by atoms with van der Waals surface area (Å²) in [5.74, 6) is 1.04. The Bertz CT molecular complexity index is 2080. The van der Waals surface area contributed by atoms with Gasteiger partial charge in [-0.1, -0.05) is 48.4 Å². The maximum Gasteiger partial charge on any atom is 0.320 e. The standard InChI is InChI=1S/C45H51ClN4O6/c1-30-34(8-5-9-37(30)38-10-6-12-41(31(38)2)54-17-7-15-49-28-45(29-49)14-13-36(51)21-45)27-56-43-20-42(55-26-33-18-32(22-47)23-48-24-33)35(19-39(43)46)25-50-16-4-3-11-40(50)44(52)53/h5-6,8-10,12,18-20,23-24,36,40,51H,3-4,7,11,13-17,21,25-29H2,1-2H3,(H,52,53)/t36?,40-/m0/s1. The number of pyridine rings is 1. The van der Waals surface area contributed by atoms with E-state index in [0.717, 1.165) is 103 Å². The van der Waals surface area contributed by atoms with Crippen molar-refractivity contribution >= 4 is 17.6 Å². The number of hydrogen-bond acceptors (Lipinski definition) is 9. The number of aromatic nitrogens is 1. The zero-order valence-electron chi connectivity index (χ0n) is 32.3. The van der Waals surface area contributed by atoms with Gasteiger partial charge in [-0.2, -0.15) is 5.26 Å². The van der Waals surface area contributed by atoms with Crippen LogP contribution in [0.1, 0.15) is 78.3 Å². The monoisotopic (exact) mass is 778 g/mol. The van der Waals surface area contributed by atoms with Gasteiger partial charge >= 0.3 is 5.97 Å². The molecular formula is C45H51ClN4O6. The number of nitriles is 1. The lowest BCUT2D eigenvalue weighted by molar-refractivity contribution is -0.144. The van der Waals surface area contributed by atoms with Crippen molar-refractivity contribution in [3.63, 3.8) is 0 Å². The van der Waals surface area contributed by atoms with Crippen LogP contribution in [0.2, 0.25) is 5.02 Å². The van der Waals surface area contributed by atoms with Gasteiger partial charge in [0.05, 0.1) is 23.3 Å². The van der Waals surface area contributed by atoms with Gasteiger partial charge in [-0.15, -0.1) is 0 Å². The predicted octanol–water partition coefficient (Wildman–Crippen LogP) is 8.10. The van der Waals surface area contributed by atoms with Crippen LogP contribution in [0.3, 0.4) is 0 Å². The van der Waals surface area contributed by atoms with E-state index in [9.17, 15) is 20.3 Å². The van der Waals surface area contributed by atoms with Crippen LogP contribution in [0, 0.1) is 30.6 Å². The Kier molecular flexibility index (Phi) is 12.5. The number of nitrogens with zero attached hydrogens (tertiary/aromatic N) is 4. The number of benzene rings is 3. The first-order valence-electron chi connectivity index (χ1n) is 19.7. The summed E-state index contributed by atoms with van der Waals surface area (Å²) in [5.41, 5.74) is 7.68. The molecule has 1 unspecified atom stereocenters. The first-order chi connectivity index (χ1) is 27.1. The van der Waals surface area contributed by atoms with Gasteiger partial charge in [-0.05, 0) is 110 Å². The summed E-state index contributed by atoms with van der Waals surface area (Å²) in [4.78, 5) is 20.7. The molecule has 56 heavy (non-hydrogen) atoms. The molecule has 4 aromatic rings. The Morgan fingerprint density at radius 1 is 0.946 bits per heavy atom. The Hall–Kier alpha value is -4.66. The lowest BCUT2D eigenvalue weighted by atomic mass is 9.78. The molecule has 2 atom stereocenters. The van der Waals surface area contributed by atoms with Crippen molar-refractivity contribution in [2.45, 2.75) is 90.7 Å². The summed E-state index contributed by atoms with van der Waals surface area (Å²) in [5, 5.41) is 29.6. The molecule has 10 nitrogen and oxygen atoms in total. The normalized spacial score (nSPS) is 19.3. The van der Waals surface area contributed by atoms with Crippen molar-refractivity contribution < 1.29 is 29.2 Å². The molecule has 0 bridgehead atoms. The Labute approximate surface area is 334 Å². The molecule has 294 valence electrons. The highest BCUT2D eigenvalue weighted by Crippen LogP contribution is 2.45. The van der Waals surface area contributed by atoms with Crippen molar-refractivity contribution in [1.82, 2.24) is 14.8 Å². The van der Waals surface area contributed by atoms with E-state index in [1.807, 2.05) is 29.2 Å². The number of hydrogen-bond donors (Lipinski definition) is 2. The van der Waals surface area contributed by atoms with Crippen molar-refractivity contribution in [3.05, 3.63) is 105 Å². The Morgan fingerprint density at radius 2 is 1.73 bits per heavy atom. The zero-order chi connectivity index (χ0) is 39.2.